The summed E-state index contributed by atoms with van der Waals surface area (Å²) in [4.78, 5) is 12.0. The molecule has 0 unspecified atom stereocenters. The second kappa shape index (κ2) is 6.61. The predicted octanol–water partition coefficient (Wildman–Crippen LogP) is 1.19. The van der Waals surface area contributed by atoms with Crippen molar-refractivity contribution in [2.24, 2.45) is 0 Å². The predicted molar refractivity (Wildman–Crippen MR) is 90.0 cm³/mol. The van der Waals surface area contributed by atoms with Gasteiger partial charge in [-0.15, -0.1) is 10.2 Å². The number of carbonyl (C=O) groups excluding carboxylic acids is 1. The van der Waals surface area contributed by atoms with Crippen LogP contribution in [0.5, 0.6) is 0 Å². The Labute approximate surface area is 139 Å². The molecule has 0 radical (unpaired) electrons. The number of aryl methyl sites for hydroxylation is 2. The third-order valence-electron chi connectivity index (χ3n) is 3.54. The zero-order chi connectivity index (χ0) is 17.2. The van der Waals surface area contributed by atoms with E-state index in [9.17, 15) is 4.79 Å². The number of nitrogens with zero attached hydrogens (tertiary/aromatic N) is 5. The van der Waals surface area contributed by atoms with Crippen molar-refractivity contribution < 1.29 is 4.79 Å². The van der Waals surface area contributed by atoms with Gasteiger partial charge in [-0.05, 0) is 40.2 Å². The van der Waals surface area contributed by atoms with Gasteiger partial charge in [-0.1, -0.05) is 18.7 Å². The fraction of sp³-hybridized carbons (Fsp3) is 0.571. The van der Waals surface area contributed by atoms with Crippen LogP contribution in [-0.4, -0.2) is 41.9 Å². The standard InChI is InChI=1S/C14H23N7OS/c1-6-14(4,5)16-11(22)8-23-13-18-17-12(20(13)15)21-10(3)7-9(2)19-21/h7H,6,8,15H2,1-5H3,(H,16,22). The van der Waals surface area contributed by atoms with Gasteiger partial charge in [0, 0.05) is 11.2 Å². The van der Waals surface area contributed by atoms with E-state index in [4.69, 9.17) is 5.84 Å². The van der Waals surface area contributed by atoms with Crippen LogP contribution >= 0.6 is 11.8 Å². The summed E-state index contributed by atoms with van der Waals surface area (Å²) in [5.41, 5.74) is 1.57. The molecule has 9 heteroatoms. The minimum absolute atomic E-state index is 0.0579. The number of nitrogens with two attached hydrogens (primary N) is 1. The SMILES string of the molecule is CCC(C)(C)NC(=O)CSc1nnc(-n2nc(C)cc2C)n1N. The average Bonchev–Trinajstić information content (AvgIpc) is 2.98. The van der Waals surface area contributed by atoms with Crippen LogP contribution in [0.3, 0.4) is 0 Å². The molecule has 0 bridgehead atoms. The zero-order valence-corrected chi connectivity index (χ0v) is 14.9. The molecular formula is C14H23N7OS. The highest BCUT2D eigenvalue weighted by Gasteiger charge is 2.20. The summed E-state index contributed by atoms with van der Waals surface area (Å²) in [6, 6.07) is 1.93. The van der Waals surface area contributed by atoms with E-state index in [0.717, 1.165) is 17.8 Å². The lowest BCUT2D eigenvalue weighted by Gasteiger charge is -2.24. The van der Waals surface area contributed by atoms with Gasteiger partial charge in [-0.2, -0.15) is 5.10 Å². The van der Waals surface area contributed by atoms with E-state index in [1.165, 1.54) is 16.4 Å². The Kier molecular flexibility index (Phi) is 4.98. The van der Waals surface area contributed by atoms with Crippen LogP contribution in [0.4, 0.5) is 0 Å². The maximum atomic E-state index is 12.0. The van der Waals surface area contributed by atoms with Gasteiger partial charge in [0.25, 0.3) is 5.95 Å². The van der Waals surface area contributed by atoms with Crippen LogP contribution in [0.1, 0.15) is 38.6 Å². The molecule has 0 spiro atoms. The van der Waals surface area contributed by atoms with Crippen molar-refractivity contribution in [3.63, 3.8) is 0 Å². The largest absolute Gasteiger partial charge is 0.351 e. The number of hydrogen-bond donors (Lipinski definition) is 2. The number of rotatable bonds is 6. The molecule has 0 atom stereocenters. The van der Waals surface area contributed by atoms with E-state index in [0.29, 0.717) is 11.1 Å². The van der Waals surface area contributed by atoms with Crippen molar-refractivity contribution in [2.75, 3.05) is 11.6 Å². The highest BCUT2D eigenvalue weighted by molar-refractivity contribution is 7.99. The van der Waals surface area contributed by atoms with Crippen LogP contribution in [0, 0.1) is 13.8 Å². The molecule has 2 aromatic rings. The molecule has 1 amide bonds. The molecule has 0 saturated heterocycles. The summed E-state index contributed by atoms with van der Waals surface area (Å²) < 4.78 is 2.98. The maximum Gasteiger partial charge on any atom is 0.271 e. The smallest absolute Gasteiger partial charge is 0.271 e. The molecule has 0 aromatic carbocycles. The van der Waals surface area contributed by atoms with Crippen LogP contribution in [0.25, 0.3) is 5.95 Å². The first-order valence-electron chi connectivity index (χ1n) is 7.41. The Morgan fingerprint density at radius 1 is 1.39 bits per heavy atom. The van der Waals surface area contributed by atoms with Gasteiger partial charge in [-0.25, -0.2) is 9.36 Å². The first-order chi connectivity index (χ1) is 10.7. The van der Waals surface area contributed by atoms with Gasteiger partial charge in [0.2, 0.25) is 11.1 Å². The summed E-state index contributed by atoms with van der Waals surface area (Å²) >= 11 is 1.25. The van der Waals surface area contributed by atoms with E-state index in [-0.39, 0.29) is 17.2 Å². The first-order valence-corrected chi connectivity index (χ1v) is 8.40. The monoisotopic (exact) mass is 337 g/mol. The normalized spacial score (nSPS) is 11.7. The number of nitrogens with one attached hydrogen (secondary N) is 1. The number of thioether (sulfide) groups is 1. The van der Waals surface area contributed by atoms with E-state index >= 15 is 0 Å². The lowest BCUT2D eigenvalue weighted by atomic mass is 10.0. The van der Waals surface area contributed by atoms with Crippen LogP contribution in [0.2, 0.25) is 0 Å². The molecule has 0 fully saturated rings. The van der Waals surface area contributed by atoms with Crippen LogP contribution < -0.4 is 11.2 Å². The molecule has 0 saturated carbocycles. The molecule has 0 aliphatic heterocycles. The highest BCUT2D eigenvalue weighted by atomic mass is 32.2. The van der Waals surface area contributed by atoms with Crippen molar-refractivity contribution in [3.05, 3.63) is 17.5 Å². The quantitative estimate of drug-likeness (QED) is 0.606. The first kappa shape index (κ1) is 17.3. The van der Waals surface area contributed by atoms with Gasteiger partial charge in [0.1, 0.15) is 0 Å². The molecular weight excluding hydrogens is 314 g/mol. The van der Waals surface area contributed by atoms with Crippen molar-refractivity contribution >= 4 is 17.7 Å². The van der Waals surface area contributed by atoms with E-state index in [1.54, 1.807) is 4.68 Å². The Bertz CT molecular complexity index is 704. The highest BCUT2D eigenvalue weighted by Crippen LogP contribution is 2.18. The van der Waals surface area contributed by atoms with Crippen LogP contribution in [0.15, 0.2) is 11.2 Å². The molecule has 23 heavy (non-hydrogen) atoms. The zero-order valence-electron chi connectivity index (χ0n) is 14.1. The van der Waals surface area contributed by atoms with Crippen LogP contribution in [-0.2, 0) is 4.79 Å². The molecule has 2 rings (SSSR count). The van der Waals surface area contributed by atoms with Crippen molar-refractivity contribution in [1.29, 1.82) is 0 Å². The lowest BCUT2D eigenvalue weighted by Crippen LogP contribution is -2.43. The third kappa shape index (κ3) is 4.04. The van der Waals surface area contributed by atoms with Gasteiger partial charge < -0.3 is 11.2 Å². The van der Waals surface area contributed by atoms with E-state index < -0.39 is 0 Å². The molecule has 2 heterocycles. The minimum atomic E-state index is -0.219. The van der Waals surface area contributed by atoms with Crippen molar-refractivity contribution in [3.8, 4) is 5.95 Å². The molecule has 3 N–H and O–H groups in total. The second-order valence-electron chi connectivity index (χ2n) is 6.07. The molecule has 0 aliphatic rings. The van der Waals surface area contributed by atoms with E-state index in [2.05, 4.69) is 20.6 Å². The Morgan fingerprint density at radius 2 is 2.09 bits per heavy atom. The fourth-order valence-electron chi connectivity index (χ4n) is 1.98. The Morgan fingerprint density at radius 3 is 2.65 bits per heavy atom. The topological polar surface area (TPSA) is 104 Å². The third-order valence-corrected chi connectivity index (χ3v) is 4.48. The summed E-state index contributed by atoms with van der Waals surface area (Å²) in [5.74, 6) is 6.63. The number of nitrogen functional groups attached to an aromatic ring is 1. The number of hydrogen-bond acceptors (Lipinski definition) is 6. The number of amides is 1. The Balaban J connectivity index is 2.06. The van der Waals surface area contributed by atoms with Gasteiger partial charge in [0.05, 0.1) is 11.4 Å². The lowest BCUT2D eigenvalue weighted by molar-refractivity contribution is -0.120. The minimum Gasteiger partial charge on any atom is -0.351 e. The average molecular weight is 337 g/mol. The van der Waals surface area contributed by atoms with Gasteiger partial charge in [-0.3, -0.25) is 4.79 Å². The number of aromatic nitrogens is 5. The molecule has 8 nitrogen and oxygen atoms in total. The molecule has 0 aliphatic carbocycles. The number of carbonyl (C=O) groups is 1. The summed E-state index contributed by atoms with van der Waals surface area (Å²) in [6.07, 6.45) is 0.860. The summed E-state index contributed by atoms with van der Waals surface area (Å²) in [7, 11) is 0. The van der Waals surface area contributed by atoms with Crippen molar-refractivity contribution in [2.45, 2.75) is 51.7 Å². The molecule has 126 valence electrons. The summed E-state index contributed by atoms with van der Waals surface area (Å²) in [6.45, 7) is 9.83. The Hall–Kier alpha value is -2.03. The summed E-state index contributed by atoms with van der Waals surface area (Å²) in [5, 5.41) is 15.9. The van der Waals surface area contributed by atoms with E-state index in [1.807, 2.05) is 40.7 Å². The van der Waals surface area contributed by atoms with Gasteiger partial charge >= 0.3 is 0 Å². The molecule has 2 aromatic heterocycles. The van der Waals surface area contributed by atoms with Crippen molar-refractivity contribution in [1.82, 2.24) is 30.0 Å². The second-order valence-corrected chi connectivity index (χ2v) is 7.01. The maximum absolute atomic E-state index is 12.0. The fourth-order valence-corrected chi connectivity index (χ4v) is 2.63. The van der Waals surface area contributed by atoms with Gasteiger partial charge in [0.15, 0.2) is 0 Å².